The van der Waals surface area contributed by atoms with Crippen molar-refractivity contribution in [3.8, 4) is 11.5 Å². The van der Waals surface area contributed by atoms with Crippen molar-refractivity contribution in [2.24, 2.45) is 0 Å². The molecule has 0 fully saturated rings. The predicted octanol–water partition coefficient (Wildman–Crippen LogP) is 5.33. The lowest BCUT2D eigenvalue weighted by Crippen LogP contribution is -2.38. The maximum absolute atomic E-state index is 13.1. The molecule has 0 atom stereocenters. The third-order valence-corrected chi connectivity index (χ3v) is 3.94. The van der Waals surface area contributed by atoms with Crippen molar-refractivity contribution < 1.29 is 23.8 Å². The third-order valence-electron chi connectivity index (χ3n) is 3.61. The van der Waals surface area contributed by atoms with Crippen LogP contribution in [0.1, 0.15) is 38.1 Å². The van der Waals surface area contributed by atoms with Gasteiger partial charge in [0.2, 0.25) is 0 Å². The van der Waals surface area contributed by atoms with E-state index in [1.54, 1.807) is 56.3 Å². The Morgan fingerprint density at radius 1 is 1.00 bits per heavy atom. The van der Waals surface area contributed by atoms with Gasteiger partial charge in [-0.05, 0) is 52.0 Å². The first-order valence-electron chi connectivity index (χ1n) is 9.08. The van der Waals surface area contributed by atoms with E-state index >= 15 is 0 Å². The summed E-state index contributed by atoms with van der Waals surface area (Å²) in [6, 6.07) is 11.4. The van der Waals surface area contributed by atoms with E-state index in [4.69, 9.17) is 25.8 Å². The van der Waals surface area contributed by atoms with Crippen molar-refractivity contribution >= 4 is 29.3 Å². The molecular formula is C21H24ClNO5. The lowest BCUT2D eigenvalue weighted by Gasteiger charge is -2.23. The number of hydrogen-bond acceptors (Lipinski definition) is 5. The number of halogens is 1. The van der Waals surface area contributed by atoms with Crippen molar-refractivity contribution in [2.75, 3.05) is 18.1 Å². The Balaban J connectivity index is 2.52. The molecule has 6 nitrogen and oxygen atoms in total. The topological polar surface area (TPSA) is 65.1 Å². The second-order valence-corrected chi connectivity index (χ2v) is 6.46. The molecule has 0 saturated carbocycles. The van der Waals surface area contributed by atoms with E-state index < -0.39 is 18.1 Å². The van der Waals surface area contributed by atoms with Crippen LogP contribution in [0.3, 0.4) is 0 Å². The highest BCUT2D eigenvalue weighted by molar-refractivity contribution is 6.35. The van der Waals surface area contributed by atoms with Crippen LogP contribution in [0.2, 0.25) is 5.02 Å². The summed E-state index contributed by atoms with van der Waals surface area (Å²) in [5.74, 6) is 0.356. The van der Waals surface area contributed by atoms with Crippen LogP contribution in [0.25, 0.3) is 0 Å². The van der Waals surface area contributed by atoms with Gasteiger partial charge < -0.3 is 14.2 Å². The lowest BCUT2D eigenvalue weighted by molar-refractivity contribution is 0.0933. The fraction of sp³-hybridized carbons (Fsp3) is 0.333. The number of carbonyl (C=O) groups is 2. The Bertz CT molecular complexity index is 837. The van der Waals surface area contributed by atoms with Gasteiger partial charge in [0.1, 0.15) is 0 Å². The third kappa shape index (κ3) is 5.16. The largest absolute Gasteiger partial charge is 0.490 e. The second-order valence-electron chi connectivity index (χ2n) is 6.05. The average Bonchev–Trinajstić information content (AvgIpc) is 2.64. The lowest BCUT2D eigenvalue weighted by atomic mass is 10.1. The highest BCUT2D eigenvalue weighted by atomic mass is 35.5. The Kier molecular flexibility index (Phi) is 7.70. The summed E-state index contributed by atoms with van der Waals surface area (Å²) in [5.41, 5.74) is 0.485. The molecule has 0 N–H and O–H groups in total. The van der Waals surface area contributed by atoms with E-state index in [9.17, 15) is 9.59 Å². The van der Waals surface area contributed by atoms with Crippen molar-refractivity contribution in [3.05, 3.63) is 53.1 Å². The molecule has 2 rings (SSSR count). The fourth-order valence-electron chi connectivity index (χ4n) is 2.49. The van der Waals surface area contributed by atoms with Crippen LogP contribution >= 0.6 is 11.6 Å². The molecule has 0 saturated heterocycles. The molecule has 0 spiro atoms. The van der Waals surface area contributed by atoms with E-state index in [0.717, 1.165) is 4.90 Å². The van der Waals surface area contributed by atoms with Gasteiger partial charge in [-0.25, -0.2) is 9.69 Å². The molecule has 150 valence electrons. The minimum atomic E-state index is -0.800. The Labute approximate surface area is 169 Å². The van der Waals surface area contributed by atoms with Gasteiger partial charge in [0.05, 0.1) is 35.6 Å². The van der Waals surface area contributed by atoms with Gasteiger partial charge in [-0.2, -0.15) is 0 Å². The molecule has 0 radical (unpaired) electrons. The average molecular weight is 406 g/mol. The fourth-order valence-corrected chi connectivity index (χ4v) is 2.71. The van der Waals surface area contributed by atoms with Crippen LogP contribution in [-0.4, -0.2) is 31.3 Å². The molecule has 28 heavy (non-hydrogen) atoms. The van der Waals surface area contributed by atoms with Crippen molar-refractivity contribution in [2.45, 2.75) is 33.8 Å². The van der Waals surface area contributed by atoms with Crippen LogP contribution < -0.4 is 14.4 Å². The van der Waals surface area contributed by atoms with Crippen LogP contribution in [0.5, 0.6) is 11.5 Å². The molecule has 0 aliphatic heterocycles. The summed E-state index contributed by atoms with van der Waals surface area (Å²) in [5, 5.41) is 0.241. The van der Waals surface area contributed by atoms with Crippen LogP contribution in [0, 0.1) is 0 Å². The molecule has 0 aliphatic carbocycles. The number of rotatable bonds is 7. The van der Waals surface area contributed by atoms with Gasteiger partial charge in [0.15, 0.2) is 11.5 Å². The van der Waals surface area contributed by atoms with E-state index in [1.807, 2.05) is 13.8 Å². The first-order valence-corrected chi connectivity index (χ1v) is 9.46. The molecule has 0 aromatic heterocycles. The summed E-state index contributed by atoms with van der Waals surface area (Å²) in [4.78, 5) is 26.8. The van der Waals surface area contributed by atoms with Crippen molar-refractivity contribution in [1.29, 1.82) is 0 Å². The minimum Gasteiger partial charge on any atom is -0.490 e. The monoisotopic (exact) mass is 405 g/mol. The van der Waals surface area contributed by atoms with Gasteiger partial charge in [-0.15, -0.1) is 0 Å². The zero-order chi connectivity index (χ0) is 20.7. The molecule has 0 bridgehead atoms. The zero-order valence-corrected chi connectivity index (χ0v) is 17.2. The number of carbonyl (C=O) groups excluding carboxylic acids is 2. The van der Waals surface area contributed by atoms with Crippen molar-refractivity contribution in [1.82, 2.24) is 0 Å². The summed E-state index contributed by atoms with van der Waals surface area (Å²) < 4.78 is 16.4. The first-order chi connectivity index (χ1) is 13.4. The first kappa shape index (κ1) is 21.6. The van der Waals surface area contributed by atoms with Gasteiger partial charge in [0, 0.05) is 6.07 Å². The number of amides is 2. The maximum atomic E-state index is 13.1. The second kappa shape index (κ2) is 9.99. The summed E-state index contributed by atoms with van der Waals surface area (Å²) in [7, 11) is 0. The molecule has 0 aliphatic rings. The molecule has 7 heteroatoms. The zero-order valence-electron chi connectivity index (χ0n) is 16.4. The van der Waals surface area contributed by atoms with Gasteiger partial charge in [-0.3, -0.25) is 4.79 Å². The molecule has 0 heterocycles. The minimum absolute atomic E-state index is 0.191. The predicted molar refractivity (Wildman–Crippen MR) is 109 cm³/mol. The normalized spacial score (nSPS) is 10.5. The quantitative estimate of drug-likeness (QED) is 0.622. The SMILES string of the molecule is CCOc1ccc(N(C(=O)OC(C)C)C(=O)c2ccccc2Cl)cc1OCC. The van der Waals surface area contributed by atoms with Crippen LogP contribution in [0.4, 0.5) is 10.5 Å². The van der Waals surface area contributed by atoms with Gasteiger partial charge in [-0.1, -0.05) is 23.7 Å². The van der Waals surface area contributed by atoms with E-state index in [-0.39, 0.29) is 10.6 Å². The number of imide groups is 1. The Hall–Kier alpha value is -2.73. The van der Waals surface area contributed by atoms with Gasteiger partial charge in [0.25, 0.3) is 5.91 Å². The summed E-state index contributed by atoms with van der Waals surface area (Å²) in [6.45, 7) is 7.97. The number of anilines is 1. The standard InChI is InChI=1S/C21H24ClNO5/c1-5-26-18-12-11-15(13-19(18)27-6-2)23(21(25)28-14(3)4)20(24)16-9-7-8-10-17(16)22/h7-14H,5-6H2,1-4H3. The van der Waals surface area contributed by atoms with E-state index in [0.29, 0.717) is 30.4 Å². The maximum Gasteiger partial charge on any atom is 0.421 e. The summed E-state index contributed by atoms with van der Waals surface area (Å²) in [6.07, 6.45) is -1.20. The molecule has 2 aromatic carbocycles. The van der Waals surface area contributed by atoms with Gasteiger partial charge >= 0.3 is 6.09 Å². The molecule has 2 amide bonds. The Morgan fingerprint density at radius 2 is 1.64 bits per heavy atom. The molecule has 0 unspecified atom stereocenters. The highest BCUT2D eigenvalue weighted by Crippen LogP contribution is 2.33. The smallest absolute Gasteiger partial charge is 0.421 e. The number of nitrogens with zero attached hydrogens (tertiary/aromatic N) is 1. The molecule has 2 aromatic rings. The Morgan fingerprint density at radius 3 is 2.25 bits per heavy atom. The number of benzene rings is 2. The van der Waals surface area contributed by atoms with E-state index in [1.165, 1.54) is 0 Å². The molecular weight excluding hydrogens is 382 g/mol. The van der Waals surface area contributed by atoms with Crippen LogP contribution in [-0.2, 0) is 4.74 Å². The summed E-state index contributed by atoms with van der Waals surface area (Å²) >= 11 is 6.16. The number of ether oxygens (including phenoxy) is 3. The van der Waals surface area contributed by atoms with Crippen LogP contribution in [0.15, 0.2) is 42.5 Å². The highest BCUT2D eigenvalue weighted by Gasteiger charge is 2.29. The number of hydrogen-bond donors (Lipinski definition) is 0. The van der Waals surface area contributed by atoms with E-state index in [2.05, 4.69) is 0 Å². The van der Waals surface area contributed by atoms with Crippen molar-refractivity contribution in [3.63, 3.8) is 0 Å².